The van der Waals surface area contributed by atoms with Crippen molar-refractivity contribution >= 4 is 45.7 Å². The van der Waals surface area contributed by atoms with Crippen molar-refractivity contribution < 1.29 is 34.4 Å². The van der Waals surface area contributed by atoms with Gasteiger partial charge in [-0.25, -0.2) is 9.78 Å². The van der Waals surface area contributed by atoms with Crippen molar-refractivity contribution in [2.45, 2.75) is 44.2 Å². The summed E-state index contributed by atoms with van der Waals surface area (Å²) in [4.78, 5) is 48.4. The van der Waals surface area contributed by atoms with Crippen LogP contribution in [0.4, 0.5) is 5.13 Å². The molecule has 2 amide bonds. The number of hydrogen-bond acceptors (Lipinski definition) is 9. The highest BCUT2D eigenvalue weighted by atomic mass is 32.1. The minimum absolute atomic E-state index is 0. The van der Waals surface area contributed by atoms with Gasteiger partial charge in [-0.3, -0.25) is 14.5 Å². The molecule has 0 bridgehead atoms. The van der Waals surface area contributed by atoms with E-state index in [1.807, 2.05) is 16.8 Å². The number of allylic oxidation sites excluding steroid dienone is 1. The number of rotatable bonds is 6. The first-order valence-electron chi connectivity index (χ1n) is 10.9. The van der Waals surface area contributed by atoms with Crippen molar-refractivity contribution in [3.63, 3.8) is 0 Å². The van der Waals surface area contributed by atoms with Gasteiger partial charge in [-0.15, -0.1) is 11.3 Å². The quantitative estimate of drug-likeness (QED) is 0.216. The van der Waals surface area contributed by atoms with Crippen LogP contribution in [0.25, 0.3) is 5.70 Å². The lowest BCUT2D eigenvalue weighted by Crippen LogP contribution is -2.72. The molecule has 1 unspecified atom stereocenters. The summed E-state index contributed by atoms with van der Waals surface area (Å²) in [5.74, 6) is -2.29. The number of aryl methyl sites for hydroxylation is 1. The number of amides is 2. The summed E-state index contributed by atoms with van der Waals surface area (Å²) < 4.78 is 1.93. The average Bonchev–Trinajstić information content (AvgIpc) is 3.48. The molecule has 2 aromatic rings. The van der Waals surface area contributed by atoms with E-state index >= 15 is 0 Å². The molecule has 5 N–H and O–H groups in total. The Labute approximate surface area is 204 Å². The third-order valence-corrected chi connectivity index (χ3v) is 7.08. The lowest BCUT2D eigenvalue weighted by Gasteiger charge is -2.48. The first-order valence-corrected chi connectivity index (χ1v) is 11.7. The van der Waals surface area contributed by atoms with E-state index in [0.29, 0.717) is 18.5 Å². The van der Waals surface area contributed by atoms with E-state index in [9.17, 15) is 19.5 Å². The highest BCUT2D eigenvalue weighted by molar-refractivity contribution is 7.13. The average molecular weight is 501 g/mol. The molecule has 0 saturated carbocycles. The van der Waals surface area contributed by atoms with Gasteiger partial charge >= 0.3 is 5.97 Å². The Morgan fingerprint density at radius 2 is 2.17 bits per heavy atom. The van der Waals surface area contributed by atoms with E-state index < -0.39 is 29.9 Å². The molecule has 3 aliphatic rings. The highest BCUT2D eigenvalue weighted by Crippen LogP contribution is 2.37. The van der Waals surface area contributed by atoms with Gasteiger partial charge in [0.1, 0.15) is 18.8 Å². The number of carbonyl (C=O) groups is 3. The van der Waals surface area contributed by atoms with Gasteiger partial charge in [0.25, 0.3) is 11.8 Å². The number of nitrogens with one attached hydrogen (secondary N) is 1. The topological polar surface area (TPSA) is 181 Å². The number of oxime groups is 1. The maximum absolute atomic E-state index is 13.1. The van der Waals surface area contributed by atoms with Gasteiger partial charge in [-0.05, 0) is 25.3 Å². The molecule has 0 radical (unpaired) electrons. The summed E-state index contributed by atoms with van der Waals surface area (Å²) in [5.41, 5.74) is 8.64. The molecular weight excluding hydrogens is 476 g/mol. The predicted molar refractivity (Wildman–Crippen MR) is 123 cm³/mol. The lowest BCUT2D eigenvalue weighted by atomic mass is 9.85. The SMILES string of the molecule is CO/N=C(\C(=O)N[C@H]1C(=O)N2C(C(=O)O)=C([n+]3cccc4c3CCC4)CCC12)c1csc(N)n1.[OH-]. The van der Waals surface area contributed by atoms with Gasteiger partial charge < -0.3 is 26.5 Å². The Kier molecular flexibility index (Phi) is 6.54. The fourth-order valence-corrected chi connectivity index (χ4v) is 5.52. The monoisotopic (exact) mass is 500 g/mol. The molecule has 5 rings (SSSR count). The number of carboxylic acid groups (broad SMARTS) is 1. The minimum Gasteiger partial charge on any atom is -0.870 e. The first kappa shape index (κ1) is 24.3. The summed E-state index contributed by atoms with van der Waals surface area (Å²) in [6.45, 7) is 0. The number of fused-ring (bicyclic) bond motifs is 2. The molecule has 12 nitrogen and oxygen atoms in total. The van der Waals surface area contributed by atoms with Crippen molar-refractivity contribution in [1.82, 2.24) is 15.2 Å². The second-order valence-corrected chi connectivity index (χ2v) is 9.15. The molecule has 1 fully saturated rings. The van der Waals surface area contributed by atoms with Crippen LogP contribution in [0.2, 0.25) is 0 Å². The fraction of sp³-hybridized carbons (Fsp3) is 0.364. The van der Waals surface area contributed by atoms with Crippen LogP contribution in [-0.4, -0.2) is 63.2 Å². The van der Waals surface area contributed by atoms with E-state index in [4.69, 9.17) is 10.6 Å². The summed E-state index contributed by atoms with van der Waals surface area (Å²) in [7, 11) is 1.30. The number of nitrogens with two attached hydrogens (primary N) is 1. The molecule has 0 aromatic carbocycles. The van der Waals surface area contributed by atoms with Crippen LogP contribution in [0.15, 0.2) is 34.6 Å². The number of carboxylic acids is 1. The Morgan fingerprint density at radius 3 is 2.86 bits per heavy atom. The Morgan fingerprint density at radius 1 is 1.37 bits per heavy atom. The second-order valence-electron chi connectivity index (χ2n) is 8.26. The van der Waals surface area contributed by atoms with Crippen molar-refractivity contribution in [2.24, 2.45) is 5.16 Å². The van der Waals surface area contributed by atoms with Gasteiger partial charge in [-0.2, -0.15) is 4.57 Å². The molecule has 2 aliphatic heterocycles. The zero-order valence-electron chi connectivity index (χ0n) is 18.8. The summed E-state index contributed by atoms with van der Waals surface area (Å²) in [5, 5.41) is 18.3. The van der Waals surface area contributed by atoms with Crippen LogP contribution >= 0.6 is 11.3 Å². The van der Waals surface area contributed by atoms with Gasteiger partial charge in [0.15, 0.2) is 28.4 Å². The number of anilines is 1. The molecule has 184 valence electrons. The zero-order chi connectivity index (χ0) is 24.0. The summed E-state index contributed by atoms with van der Waals surface area (Å²) in [6.07, 6.45) is 5.68. The van der Waals surface area contributed by atoms with Gasteiger partial charge in [0.05, 0.1) is 6.04 Å². The van der Waals surface area contributed by atoms with E-state index in [1.54, 1.807) is 5.38 Å². The van der Waals surface area contributed by atoms with E-state index in [2.05, 4.69) is 21.5 Å². The third kappa shape index (κ3) is 4.02. The molecule has 2 atom stereocenters. The molecular formula is C22H24N6O6S. The molecule has 1 aliphatic carbocycles. The minimum atomic E-state index is -1.17. The van der Waals surface area contributed by atoms with Crippen molar-refractivity contribution in [2.75, 3.05) is 12.8 Å². The largest absolute Gasteiger partial charge is 0.870 e. The Bertz CT molecular complexity index is 1270. The fourth-order valence-electron chi connectivity index (χ4n) is 4.97. The molecule has 2 aromatic heterocycles. The smallest absolute Gasteiger partial charge is 0.359 e. The normalized spacial score (nSPS) is 21.0. The maximum atomic E-state index is 13.1. The van der Waals surface area contributed by atoms with Crippen LogP contribution in [-0.2, 0) is 32.1 Å². The standard InChI is InChI=1S/C22H22N6O5S.H2O/c1-33-26-16(12-10-34-22(23)24-12)19(29)25-17-14-7-8-15(18(21(31)32)28(14)20(17)30)27-9-3-5-11-4-2-6-13(11)27;/h3,5,9-10,14,17H,2,4,6-8H2,1H3,(H3-,23,24,25,29,31,32);1H2/b26-16-;/t14?,17-;/m1./s1. The third-order valence-electron chi connectivity index (χ3n) is 6.41. The summed E-state index contributed by atoms with van der Waals surface area (Å²) >= 11 is 1.14. The number of hydrogen-bond donors (Lipinski definition) is 3. The van der Waals surface area contributed by atoms with E-state index in [-0.39, 0.29) is 27.7 Å². The second kappa shape index (κ2) is 9.43. The number of carbonyl (C=O) groups excluding carboxylic acids is 2. The predicted octanol–water partition coefficient (Wildman–Crippen LogP) is 0.118. The lowest BCUT2D eigenvalue weighted by molar-refractivity contribution is -0.593. The number of thiazole rings is 1. The number of pyridine rings is 1. The number of aromatic nitrogens is 2. The molecule has 35 heavy (non-hydrogen) atoms. The maximum Gasteiger partial charge on any atom is 0.359 e. The highest BCUT2D eigenvalue weighted by Gasteiger charge is 2.55. The number of aliphatic carboxylic acids is 1. The molecule has 0 spiro atoms. The van der Waals surface area contributed by atoms with Crippen LogP contribution in [0.3, 0.4) is 0 Å². The summed E-state index contributed by atoms with van der Waals surface area (Å²) in [6, 6.07) is 2.63. The van der Waals surface area contributed by atoms with Crippen LogP contribution in [0, 0.1) is 0 Å². The molecule has 4 heterocycles. The Hall–Kier alpha value is -3.84. The van der Waals surface area contributed by atoms with Gasteiger partial charge in [0.2, 0.25) is 5.70 Å². The van der Waals surface area contributed by atoms with Crippen molar-refractivity contribution in [3.05, 3.63) is 46.4 Å². The van der Waals surface area contributed by atoms with Crippen LogP contribution < -0.4 is 15.6 Å². The van der Waals surface area contributed by atoms with Gasteiger partial charge in [-0.1, -0.05) is 5.16 Å². The molecule has 13 heteroatoms. The molecule has 1 saturated heterocycles. The zero-order valence-corrected chi connectivity index (χ0v) is 19.6. The van der Waals surface area contributed by atoms with Crippen LogP contribution in [0.1, 0.15) is 36.2 Å². The number of nitrogens with zero attached hydrogens (tertiary/aromatic N) is 4. The number of β-lactam (4-membered cyclic amide) rings is 1. The van der Waals surface area contributed by atoms with E-state index in [0.717, 1.165) is 36.3 Å². The van der Waals surface area contributed by atoms with Crippen LogP contribution in [0.5, 0.6) is 0 Å². The van der Waals surface area contributed by atoms with Crippen molar-refractivity contribution in [3.8, 4) is 0 Å². The first-order chi connectivity index (χ1) is 16.4. The Balaban J connectivity index is 0.00000289. The van der Waals surface area contributed by atoms with Crippen molar-refractivity contribution in [1.29, 1.82) is 0 Å². The van der Waals surface area contributed by atoms with E-state index in [1.165, 1.54) is 17.6 Å². The van der Waals surface area contributed by atoms with Gasteiger partial charge in [0, 0.05) is 29.9 Å². The number of nitrogen functional groups attached to an aromatic ring is 1.